The molecule has 3 rings (SSSR count). The van der Waals surface area contributed by atoms with Crippen LogP contribution in [0.5, 0.6) is 0 Å². The zero-order valence-corrected chi connectivity index (χ0v) is 14.6. The van der Waals surface area contributed by atoms with Gasteiger partial charge in [0.2, 0.25) is 11.8 Å². The second-order valence-corrected chi connectivity index (χ2v) is 6.50. The number of carbonyl (C=O) groups is 1. The number of rotatable bonds is 5. The van der Waals surface area contributed by atoms with Crippen LogP contribution in [0.4, 0.5) is 0 Å². The number of oxazole rings is 1. The average Bonchev–Trinajstić information content (AvgIpc) is 3.22. The predicted octanol–water partition coefficient (Wildman–Crippen LogP) is 2.48. The number of hydrogen-bond acceptors (Lipinski definition) is 5. The van der Waals surface area contributed by atoms with Crippen molar-refractivity contribution in [2.24, 2.45) is 0 Å². The van der Waals surface area contributed by atoms with Gasteiger partial charge in [-0.2, -0.15) is 5.26 Å². The Morgan fingerprint density at radius 2 is 2.20 bits per heavy atom. The van der Waals surface area contributed by atoms with Gasteiger partial charge < -0.3 is 9.32 Å². The van der Waals surface area contributed by atoms with Crippen LogP contribution in [-0.4, -0.2) is 39.8 Å². The number of hydrogen-bond donors (Lipinski definition) is 0. The molecule has 6 nitrogen and oxygen atoms in total. The lowest BCUT2D eigenvalue weighted by molar-refractivity contribution is -0.132. The third-order valence-corrected chi connectivity index (χ3v) is 4.56. The van der Waals surface area contributed by atoms with Crippen LogP contribution in [0.15, 0.2) is 34.9 Å². The van der Waals surface area contributed by atoms with Crippen LogP contribution in [-0.2, 0) is 17.9 Å². The summed E-state index contributed by atoms with van der Waals surface area (Å²) in [5.41, 5.74) is 1.85. The Bertz CT molecular complexity index is 775. The van der Waals surface area contributed by atoms with Crippen molar-refractivity contribution in [1.82, 2.24) is 14.8 Å². The highest BCUT2D eigenvalue weighted by Gasteiger charge is 2.30. The number of aromatic nitrogens is 1. The smallest absolute Gasteiger partial charge is 0.220 e. The van der Waals surface area contributed by atoms with Crippen LogP contribution in [0, 0.1) is 18.3 Å². The zero-order valence-electron chi connectivity index (χ0n) is 14.6. The Morgan fingerprint density at radius 1 is 1.44 bits per heavy atom. The van der Waals surface area contributed by atoms with Gasteiger partial charge in [0.15, 0.2) is 0 Å². The Morgan fingerprint density at radius 3 is 2.80 bits per heavy atom. The topological polar surface area (TPSA) is 73.4 Å². The Labute approximate surface area is 147 Å². The average molecular weight is 338 g/mol. The first-order chi connectivity index (χ1) is 12.0. The van der Waals surface area contributed by atoms with E-state index >= 15 is 0 Å². The second kappa shape index (κ2) is 7.49. The normalized spacial score (nSPS) is 17.4. The summed E-state index contributed by atoms with van der Waals surface area (Å²) in [7, 11) is 0. The maximum atomic E-state index is 12.1. The number of aryl methyl sites for hydroxylation is 1. The van der Waals surface area contributed by atoms with Gasteiger partial charge in [0.05, 0.1) is 24.4 Å². The number of likely N-dealkylation sites (tertiary alicyclic amines) is 1. The molecule has 1 unspecified atom stereocenters. The van der Waals surface area contributed by atoms with Crippen molar-refractivity contribution < 1.29 is 9.21 Å². The maximum Gasteiger partial charge on any atom is 0.220 e. The summed E-state index contributed by atoms with van der Waals surface area (Å²) in [5, 5.41) is 8.87. The molecule has 1 saturated heterocycles. The summed E-state index contributed by atoms with van der Waals surface area (Å²) in [6.45, 7) is 6.46. The third kappa shape index (κ3) is 4.25. The molecule has 130 valence electrons. The van der Waals surface area contributed by atoms with Gasteiger partial charge in [-0.15, -0.1) is 0 Å². The number of nitrogens with zero attached hydrogens (tertiary/aromatic N) is 4. The van der Waals surface area contributed by atoms with Crippen molar-refractivity contribution in [2.75, 3.05) is 13.1 Å². The van der Waals surface area contributed by atoms with E-state index in [1.165, 1.54) is 5.56 Å². The molecule has 1 aliphatic rings. The number of nitriles is 1. The quantitative estimate of drug-likeness (QED) is 0.837. The van der Waals surface area contributed by atoms with E-state index in [1.54, 1.807) is 13.1 Å². The fraction of sp³-hybridized carbons (Fsp3) is 0.421. The lowest BCUT2D eigenvalue weighted by atomic mass is 10.1. The molecule has 1 atom stereocenters. The van der Waals surface area contributed by atoms with Gasteiger partial charge in [-0.05, 0) is 31.0 Å². The maximum absolute atomic E-state index is 12.1. The van der Waals surface area contributed by atoms with Crippen molar-refractivity contribution in [3.05, 3.63) is 53.2 Å². The highest BCUT2D eigenvalue weighted by Crippen LogP contribution is 2.20. The van der Waals surface area contributed by atoms with Gasteiger partial charge in [-0.3, -0.25) is 9.69 Å². The molecule has 0 spiro atoms. The van der Waals surface area contributed by atoms with Gasteiger partial charge in [0, 0.05) is 32.6 Å². The first-order valence-electron chi connectivity index (χ1n) is 8.45. The summed E-state index contributed by atoms with van der Waals surface area (Å²) in [4.78, 5) is 20.5. The van der Waals surface area contributed by atoms with Gasteiger partial charge in [-0.1, -0.05) is 12.1 Å². The molecule has 2 heterocycles. The van der Waals surface area contributed by atoms with Crippen molar-refractivity contribution in [3.63, 3.8) is 0 Å². The molecule has 0 N–H and O–H groups in total. The molecular formula is C19H22N4O2. The lowest BCUT2D eigenvalue weighted by Crippen LogP contribution is -2.40. The van der Waals surface area contributed by atoms with E-state index in [4.69, 9.17) is 9.68 Å². The summed E-state index contributed by atoms with van der Waals surface area (Å²) >= 11 is 0. The summed E-state index contributed by atoms with van der Waals surface area (Å²) in [5.74, 6) is 1.38. The molecule has 1 fully saturated rings. The molecule has 1 aliphatic heterocycles. The minimum absolute atomic E-state index is 0.0427. The Hall–Kier alpha value is -2.65. The van der Waals surface area contributed by atoms with Gasteiger partial charge >= 0.3 is 0 Å². The van der Waals surface area contributed by atoms with Gasteiger partial charge in [0.1, 0.15) is 5.76 Å². The molecule has 1 amide bonds. The van der Waals surface area contributed by atoms with Crippen LogP contribution < -0.4 is 0 Å². The van der Waals surface area contributed by atoms with Crippen molar-refractivity contribution in [3.8, 4) is 6.07 Å². The molecule has 0 saturated carbocycles. The Balaban J connectivity index is 1.61. The summed E-state index contributed by atoms with van der Waals surface area (Å²) in [6, 6.07) is 9.97. The summed E-state index contributed by atoms with van der Waals surface area (Å²) in [6.07, 6.45) is 2.62. The highest BCUT2D eigenvalue weighted by molar-refractivity contribution is 5.73. The van der Waals surface area contributed by atoms with E-state index < -0.39 is 0 Å². The molecule has 1 aromatic heterocycles. The van der Waals surface area contributed by atoms with E-state index in [0.29, 0.717) is 18.0 Å². The Kier molecular flexibility index (Phi) is 5.15. The van der Waals surface area contributed by atoms with Crippen molar-refractivity contribution >= 4 is 5.91 Å². The first kappa shape index (κ1) is 17.2. The fourth-order valence-corrected chi connectivity index (χ4v) is 3.27. The molecule has 0 aliphatic carbocycles. The second-order valence-electron chi connectivity index (χ2n) is 6.50. The molecule has 6 heteroatoms. The lowest BCUT2D eigenvalue weighted by Gasteiger charge is -2.27. The highest BCUT2D eigenvalue weighted by atomic mass is 16.4. The third-order valence-electron chi connectivity index (χ3n) is 4.56. The van der Waals surface area contributed by atoms with Crippen LogP contribution >= 0.6 is 0 Å². The van der Waals surface area contributed by atoms with Crippen molar-refractivity contribution in [1.29, 1.82) is 5.26 Å². The zero-order chi connectivity index (χ0) is 17.8. The van der Waals surface area contributed by atoms with E-state index in [9.17, 15) is 4.79 Å². The molecule has 2 aromatic rings. The van der Waals surface area contributed by atoms with E-state index in [0.717, 1.165) is 31.8 Å². The van der Waals surface area contributed by atoms with Crippen LogP contribution in [0.1, 0.15) is 36.1 Å². The SMILES string of the molecule is CC(=O)N(Cc1ncc(C)o1)C1CCN(Cc2ccc(C#N)cc2)C1. The first-order valence-corrected chi connectivity index (χ1v) is 8.45. The minimum Gasteiger partial charge on any atom is -0.444 e. The molecule has 1 aromatic carbocycles. The number of amides is 1. The van der Waals surface area contributed by atoms with E-state index in [-0.39, 0.29) is 11.9 Å². The molecule has 0 bridgehead atoms. The minimum atomic E-state index is 0.0427. The fourth-order valence-electron chi connectivity index (χ4n) is 3.27. The monoisotopic (exact) mass is 338 g/mol. The van der Waals surface area contributed by atoms with Gasteiger partial charge in [0.25, 0.3) is 0 Å². The molecule has 25 heavy (non-hydrogen) atoms. The van der Waals surface area contributed by atoms with E-state index in [1.807, 2.05) is 36.1 Å². The van der Waals surface area contributed by atoms with Crippen LogP contribution in [0.2, 0.25) is 0 Å². The van der Waals surface area contributed by atoms with E-state index in [2.05, 4.69) is 16.0 Å². The predicted molar refractivity (Wildman–Crippen MR) is 92.3 cm³/mol. The summed E-state index contributed by atoms with van der Waals surface area (Å²) < 4.78 is 5.52. The standard InChI is InChI=1S/C19H22N4O2/c1-14-10-21-19(25-14)13-23(15(2)24)18-7-8-22(12-18)11-17-5-3-16(9-20)4-6-17/h3-6,10,18H,7-8,11-13H2,1-2H3. The molecule has 0 radical (unpaired) electrons. The molecular weight excluding hydrogens is 316 g/mol. The largest absolute Gasteiger partial charge is 0.444 e. The van der Waals surface area contributed by atoms with Crippen molar-refractivity contribution in [2.45, 2.75) is 39.4 Å². The van der Waals surface area contributed by atoms with Gasteiger partial charge in [-0.25, -0.2) is 4.98 Å². The number of carbonyl (C=O) groups excluding carboxylic acids is 1. The van der Waals surface area contributed by atoms with Crippen LogP contribution in [0.25, 0.3) is 0 Å². The number of benzene rings is 1. The van der Waals surface area contributed by atoms with Crippen LogP contribution in [0.3, 0.4) is 0 Å².